The minimum Gasteiger partial charge on any atom is -0.325 e. The highest BCUT2D eigenvalue weighted by atomic mass is 32.2. The minimum absolute atomic E-state index is 0.129. The Bertz CT molecular complexity index is 341. The van der Waals surface area contributed by atoms with Gasteiger partial charge in [0.05, 0.1) is 6.04 Å². The summed E-state index contributed by atoms with van der Waals surface area (Å²) < 4.78 is 0. The summed E-state index contributed by atoms with van der Waals surface area (Å²) in [6, 6.07) is 7.28. The number of rotatable bonds is 4. The van der Waals surface area contributed by atoms with E-state index in [1.54, 1.807) is 11.8 Å². The van der Waals surface area contributed by atoms with Crippen molar-refractivity contribution in [1.82, 2.24) is 0 Å². The molecule has 82 valence electrons. The second-order valence-electron chi connectivity index (χ2n) is 3.24. The molecule has 15 heavy (non-hydrogen) atoms. The summed E-state index contributed by atoms with van der Waals surface area (Å²) in [5, 5.41) is 2.79. The molecule has 1 rings (SSSR count). The van der Waals surface area contributed by atoms with Gasteiger partial charge in [0.2, 0.25) is 5.91 Å². The molecular formula is C11H16N2OS. The van der Waals surface area contributed by atoms with Gasteiger partial charge in [-0.05, 0) is 30.9 Å². The van der Waals surface area contributed by atoms with Gasteiger partial charge in [-0.2, -0.15) is 0 Å². The van der Waals surface area contributed by atoms with Crippen molar-refractivity contribution in [3.63, 3.8) is 0 Å². The molecule has 0 aliphatic carbocycles. The van der Waals surface area contributed by atoms with E-state index in [-0.39, 0.29) is 5.91 Å². The Morgan fingerprint density at radius 1 is 1.60 bits per heavy atom. The molecule has 0 saturated heterocycles. The molecule has 1 aromatic carbocycles. The monoisotopic (exact) mass is 224 g/mol. The molecule has 1 amide bonds. The van der Waals surface area contributed by atoms with Gasteiger partial charge >= 0.3 is 0 Å². The summed E-state index contributed by atoms with van der Waals surface area (Å²) in [5.74, 6) is -0.129. The van der Waals surface area contributed by atoms with Crippen LogP contribution >= 0.6 is 11.8 Å². The second-order valence-corrected chi connectivity index (χ2v) is 4.12. The van der Waals surface area contributed by atoms with Gasteiger partial charge in [-0.15, -0.1) is 11.8 Å². The zero-order valence-corrected chi connectivity index (χ0v) is 9.80. The first-order chi connectivity index (χ1) is 7.17. The predicted octanol–water partition coefficient (Wildman–Crippen LogP) is 2.08. The fraction of sp³-hybridized carbons (Fsp3) is 0.364. The topological polar surface area (TPSA) is 55.1 Å². The van der Waals surface area contributed by atoms with E-state index in [1.807, 2.05) is 37.4 Å². The van der Waals surface area contributed by atoms with Gasteiger partial charge in [-0.1, -0.05) is 13.0 Å². The van der Waals surface area contributed by atoms with Gasteiger partial charge in [0.25, 0.3) is 0 Å². The zero-order valence-electron chi connectivity index (χ0n) is 8.99. The standard InChI is InChI=1S/C11H16N2OS/c1-3-10(12)11(14)13-8-5-4-6-9(7-8)15-2/h4-7,10H,3,12H2,1-2H3,(H,13,14)/t10-/m0/s1. The molecule has 0 fully saturated rings. The number of nitrogens with two attached hydrogens (primary N) is 1. The van der Waals surface area contributed by atoms with E-state index >= 15 is 0 Å². The number of carbonyl (C=O) groups is 1. The van der Waals surface area contributed by atoms with Gasteiger partial charge < -0.3 is 11.1 Å². The Morgan fingerprint density at radius 2 is 2.33 bits per heavy atom. The summed E-state index contributed by atoms with van der Waals surface area (Å²) in [6.07, 6.45) is 2.65. The van der Waals surface area contributed by atoms with E-state index in [0.29, 0.717) is 6.42 Å². The number of carbonyl (C=O) groups excluding carboxylic acids is 1. The molecule has 0 unspecified atom stereocenters. The quantitative estimate of drug-likeness (QED) is 0.770. The lowest BCUT2D eigenvalue weighted by molar-refractivity contribution is -0.117. The zero-order chi connectivity index (χ0) is 11.3. The van der Waals surface area contributed by atoms with Crippen LogP contribution in [-0.4, -0.2) is 18.2 Å². The molecule has 0 spiro atoms. The largest absolute Gasteiger partial charge is 0.325 e. The molecule has 1 atom stereocenters. The third-order valence-corrected chi connectivity index (χ3v) is 2.84. The second kappa shape index (κ2) is 5.78. The maximum atomic E-state index is 11.5. The van der Waals surface area contributed by atoms with Crippen LogP contribution in [0.5, 0.6) is 0 Å². The Morgan fingerprint density at radius 3 is 2.93 bits per heavy atom. The SMILES string of the molecule is CC[C@H](N)C(=O)Nc1cccc(SC)c1. The molecule has 0 aromatic heterocycles. The lowest BCUT2D eigenvalue weighted by Crippen LogP contribution is -2.34. The molecule has 0 radical (unpaired) electrons. The molecule has 4 heteroatoms. The van der Waals surface area contributed by atoms with Crippen molar-refractivity contribution < 1.29 is 4.79 Å². The van der Waals surface area contributed by atoms with Crippen LogP contribution in [0.3, 0.4) is 0 Å². The summed E-state index contributed by atoms with van der Waals surface area (Å²) in [6.45, 7) is 1.89. The third kappa shape index (κ3) is 3.57. The number of anilines is 1. The average molecular weight is 224 g/mol. The van der Waals surface area contributed by atoms with Gasteiger partial charge in [-0.25, -0.2) is 0 Å². The Balaban J connectivity index is 2.68. The van der Waals surface area contributed by atoms with E-state index in [2.05, 4.69) is 5.32 Å². The van der Waals surface area contributed by atoms with Gasteiger partial charge in [0.1, 0.15) is 0 Å². The van der Waals surface area contributed by atoms with Crippen LogP contribution < -0.4 is 11.1 Å². The number of thioether (sulfide) groups is 1. The van der Waals surface area contributed by atoms with Crippen LogP contribution in [0.1, 0.15) is 13.3 Å². The van der Waals surface area contributed by atoms with Crippen LogP contribution in [0.4, 0.5) is 5.69 Å². The van der Waals surface area contributed by atoms with Gasteiger partial charge in [0.15, 0.2) is 0 Å². The molecule has 1 aromatic rings. The highest BCUT2D eigenvalue weighted by molar-refractivity contribution is 7.98. The van der Waals surface area contributed by atoms with Crippen molar-refractivity contribution in [2.24, 2.45) is 5.73 Å². The Kier molecular flexibility index (Phi) is 4.65. The highest BCUT2D eigenvalue weighted by Gasteiger charge is 2.10. The van der Waals surface area contributed by atoms with Crippen molar-refractivity contribution in [3.05, 3.63) is 24.3 Å². The first kappa shape index (κ1) is 12.1. The summed E-state index contributed by atoms with van der Waals surface area (Å²) in [7, 11) is 0. The van der Waals surface area contributed by atoms with E-state index in [0.717, 1.165) is 10.6 Å². The summed E-state index contributed by atoms with van der Waals surface area (Å²) >= 11 is 1.64. The first-order valence-electron chi connectivity index (χ1n) is 4.88. The van der Waals surface area contributed by atoms with Crippen molar-refractivity contribution in [2.45, 2.75) is 24.3 Å². The van der Waals surface area contributed by atoms with E-state index in [4.69, 9.17) is 5.73 Å². The predicted molar refractivity (Wildman–Crippen MR) is 65.1 cm³/mol. The van der Waals surface area contributed by atoms with E-state index < -0.39 is 6.04 Å². The Hall–Kier alpha value is -1.00. The Labute approximate surface area is 94.4 Å². The third-order valence-electron chi connectivity index (χ3n) is 2.11. The fourth-order valence-corrected chi connectivity index (χ4v) is 1.58. The summed E-state index contributed by atoms with van der Waals surface area (Å²) in [5.41, 5.74) is 6.42. The number of amides is 1. The maximum absolute atomic E-state index is 11.5. The highest BCUT2D eigenvalue weighted by Crippen LogP contribution is 2.18. The average Bonchev–Trinajstić information content (AvgIpc) is 2.28. The molecule has 0 aliphatic heterocycles. The molecule has 0 heterocycles. The molecule has 3 N–H and O–H groups in total. The molecule has 0 aliphatic rings. The van der Waals surface area contributed by atoms with Crippen LogP contribution in [-0.2, 0) is 4.79 Å². The fourth-order valence-electron chi connectivity index (χ4n) is 1.12. The minimum atomic E-state index is -0.428. The summed E-state index contributed by atoms with van der Waals surface area (Å²) in [4.78, 5) is 12.6. The lowest BCUT2D eigenvalue weighted by atomic mass is 10.2. The van der Waals surface area contributed by atoms with Crippen LogP contribution in [0.15, 0.2) is 29.2 Å². The van der Waals surface area contributed by atoms with Crippen molar-refractivity contribution in [2.75, 3.05) is 11.6 Å². The number of hydrogen-bond donors (Lipinski definition) is 2. The van der Waals surface area contributed by atoms with Gasteiger partial charge in [0, 0.05) is 10.6 Å². The lowest BCUT2D eigenvalue weighted by Gasteiger charge is -2.10. The van der Waals surface area contributed by atoms with Crippen LogP contribution in [0.25, 0.3) is 0 Å². The molecule has 3 nitrogen and oxygen atoms in total. The number of benzene rings is 1. The molecule has 0 saturated carbocycles. The number of hydrogen-bond acceptors (Lipinski definition) is 3. The van der Waals surface area contributed by atoms with Crippen molar-refractivity contribution >= 4 is 23.4 Å². The van der Waals surface area contributed by atoms with Crippen LogP contribution in [0.2, 0.25) is 0 Å². The smallest absolute Gasteiger partial charge is 0.241 e. The molecule has 0 bridgehead atoms. The van der Waals surface area contributed by atoms with Gasteiger partial charge in [-0.3, -0.25) is 4.79 Å². The normalized spacial score (nSPS) is 12.2. The first-order valence-corrected chi connectivity index (χ1v) is 6.10. The number of nitrogens with one attached hydrogen (secondary N) is 1. The van der Waals surface area contributed by atoms with E-state index in [9.17, 15) is 4.79 Å². The van der Waals surface area contributed by atoms with E-state index in [1.165, 1.54) is 0 Å². The van der Waals surface area contributed by atoms with Crippen molar-refractivity contribution in [3.8, 4) is 0 Å². The van der Waals surface area contributed by atoms with Crippen LogP contribution in [0, 0.1) is 0 Å². The molecular weight excluding hydrogens is 208 g/mol. The maximum Gasteiger partial charge on any atom is 0.241 e. The van der Waals surface area contributed by atoms with Crippen molar-refractivity contribution in [1.29, 1.82) is 0 Å².